The first-order valence-electron chi connectivity index (χ1n) is 4.63. The number of carbonyl (C=O) groups excluding carboxylic acids is 1. The third-order valence-corrected chi connectivity index (χ3v) is 3.35. The van der Waals surface area contributed by atoms with Crippen LogP contribution in [0.25, 0.3) is 0 Å². The Labute approximate surface area is 77.4 Å². The van der Waals surface area contributed by atoms with E-state index in [0.717, 1.165) is 25.0 Å². The van der Waals surface area contributed by atoms with Gasteiger partial charge in [0.2, 0.25) is 0 Å². The maximum Gasteiger partial charge on any atom is 0.167 e. The van der Waals surface area contributed by atoms with Crippen molar-refractivity contribution in [3.63, 3.8) is 0 Å². The molecule has 3 nitrogen and oxygen atoms in total. The number of allylic oxidation sites excluding steroid dienone is 2. The summed E-state index contributed by atoms with van der Waals surface area (Å²) in [5, 5.41) is 9.21. The lowest BCUT2D eigenvalue weighted by Gasteiger charge is -2.28. The molecule has 0 aliphatic heterocycles. The smallest absolute Gasteiger partial charge is 0.167 e. The van der Waals surface area contributed by atoms with Crippen LogP contribution in [0, 0.1) is 11.3 Å². The minimum Gasteiger partial charge on any atom is -0.501 e. The van der Waals surface area contributed by atoms with Crippen molar-refractivity contribution in [3.05, 3.63) is 11.8 Å². The van der Waals surface area contributed by atoms with Crippen LogP contribution < -0.4 is 0 Å². The van der Waals surface area contributed by atoms with Crippen LogP contribution in [0.15, 0.2) is 11.8 Å². The number of rotatable bonds is 2. The molecule has 0 spiro atoms. The van der Waals surface area contributed by atoms with Gasteiger partial charge in [0.1, 0.15) is 5.76 Å². The highest BCUT2D eigenvalue weighted by Crippen LogP contribution is 2.48. The molecule has 0 aromatic carbocycles. The van der Waals surface area contributed by atoms with Crippen molar-refractivity contribution >= 4 is 5.78 Å². The molecule has 1 saturated carbocycles. The molecule has 2 rings (SSSR count). The van der Waals surface area contributed by atoms with Gasteiger partial charge in [-0.2, -0.15) is 0 Å². The Morgan fingerprint density at radius 2 is 2.54 bits per heavy atom. The summed E-state index contributed by atoms with van der Waals surface area (Å²) in [7, 11) is 1.60. The van der Waals surface area contributed by atoms with Gasteiger partial charge >= 0.3 is 0 Å². The molecule has 2 atom stereocenters. The van der Waals surface area contributed by atoms with Crippen molar-refractivity contribution in [1.29, 1.82) is 0 Å². The highest BCUT2D eigenvalue weighted by molar-refractivity contribution is 5.96. The zero-order chi connectivity index (χ0) is 9.47. The predicted octanol–water partition coefficient (Wildman–Crippen LogP) is 0.878. The number of hydrogen-bond acceptors (Lipinski definition) is 3. The molecule has 2 unspecified atom stereocenters. The molecule has 1 fully saturated rings. The number of fused-ring (bicyclic) bond motifs is 2. The van der Waals surface area contributed by atoms with E-state index in [2.05, 4.69) is 0 Å². The highest BCUT2D eigenvalue weighted by Gasteiger charge is 2.48. The van der Waals surface area contributed by atoms with E-state index in [9.17, 15) is 9.90 Å². The number of ether oxygens (including phenoxy) is 1. The van der Waals surface area contributed by atoms with E-state index in [1.807, 2.05) is 0 Å². The van der Waals surface area contributed by atoms with E-state index in [4.69, 9.17) is 4.74 Å². The van der Waals surface area contributed by atoms with Crippen LogP contribution in [-0.2, 0) is 9.53 Å². The van der Waals surface area contributed by atoms with Crippen LogP contribution in [0.2, 0.25) is 0 Å². The number of aliphatic hydroxyl groups is 1. The van der Waals surface area contributed by atoms with Crippen molar-refractivity contribution in [2.45, 2.75) is 19.3 Å². The average molecular weight is 182 g/mol. The summed E-state index contributed by atoms with van der Waals surface area (Å²) in [6.45, 7) is -0.0180. The quantitative estimate of drug-likeness (QED) is 0.689. The minimum absolute atomic E-state index is 0.0180. The second kappa shape index (κ2) is 2.84. The molecule has 72 valence electrons. The fourth-order valence-corrected chi connectivity index (χ4v) is 2.44. The SMILES string of the molecule is COC1=CC(=O)C2(CO)CCC1C2. The molecule has 2 aliphatic rings. The van der Waals surface area contributed by atoms with Gasteiger partial charge in [0.05, 0.1) is 19.1 Å². The lowest BCUT2D eigenvalue weighted by Crippen LogP contribution is -2.34. The summed E-state index contributed by atoms with van der Waals surface area (Å²) in [5.41, 5.74) is -0.466. The van der Waals surface area contributed by atoms with E-state index in [1.54, 1.807) is 13.2 Å². The van der Waals surface area contributed by atoms with E-state index in [-0.39, 0.29) is 12.4 Å². The van der Waals surface area contributed by atoms with Gasteiger partial charge in [0.25, 0.3) is 0 Å². The average Bonchev–Trinajstić information content (AvgIpc) is 2.54. The Balaban J connectivity index is 2.33. The van der Waals surface area contributed by atoms with Crippen molar-refractivity contribution in [2.24, 2.45) is 11.3 Å². The standard InChI is InChI=1S/C10H14O3/c1-13-8-4-9(12)10(6-11)3-2-7(8)5-10/h4,7,11H,2-3,5-6H2,1H3. The third-order valence-electron chi connectivity index (χ3n) is 3.35. The van der Waals surface area contributed by atoms with E-state index in [1.165, 1.54) is 0 Å². The van der Waals surface area contributed by atoms with Crippen LogP contribution >= 0.6 is 0 Å². The Bertz CT molecular complexity index is 269. The maximum atomic E-state index is 11.7. The second-order valence-electron chi connectivity index (χ2n) is 3.99. The first kappa shape index (κ1) is 8.75. The topological polar surface area (TPSA) is 46.5 Å². The molecule has 0 aromatic rings. The number of ketones is 1. The van der Waals surface area contributed by atoms with Gasteiger partial charge in [-0.1, -0.05) is 0 Å². The van der Waals surface area contributed by atoms with E-state index < -0.39 is 5.41 Å². The molecule has 0 aromatic heterocycles. The minimum atomic E-state index is -0.466. The van der Waals surface area contributed by atoms with Gasteiger partial charge in [0.15, 0.2) is 5.78 Å². The fourth-order valence-electron chi connectivity index (χ4n) is 2.44. The van der Waals surface area contributed by atoms with Crippen molar-refractivity contribution in [3.8, 4) is 0 Å². The number of methoxy groups -OCH3 is 1. The number of carbonyl (C=O) groups is 1. The summed E-state index contributed by atoms with van der Waals surface area (Å²) >= 11 is 0. The summed E-state index contributed by atoms with van der Waals surface area (Å²) in [5.74, 6) is 1.20. The summed E-state index contributed by atoms with van der Waals surface area (Å²) in [4.78, 5) is 11.7. The van der Waals surface area contributed by atoms with Gasteiger partial charge in [0, 0.05) is 12.0 Å². The highest BCUT2D eigenvalue weighted by atomic mass is 16.5. The van der Waals surface area contributed by atoms with Gasteiger partial charge in [-0.3, -0.25) is 4.79 Å². The van der Waals surface area contributed by atoms with Gasteiger partial charge in [-0.25, -0.2) is 0 Å². The van der Waals surface area contributed by atoms with E-state index in [0.29, 0.717) is 5.92 Å². The monoisotopic (exact) mass is 182 g/mol. The second-order valence-corrected chi connectivity index (χ2v) is 3.99. The lowest BCUT2D eigenvalue weighted by molar-refractivity contribution is -0.126. The molecule has 13 heavy (non-hydrogen) atoms. The van der Waals surface area contributed by atoms with Crippen LogP contribution in [-0.4, -0.2) is 24.6 Å². The van der Waals surface area contributed by atoms with Crippen LogP contribution in [0.1, 0.15) is 19.3 Å². The normalized spacial score (nSPS) is 37.5. The molecule has 0 radical (unpaired) electrons. The molecule has 2 aliphatic carbocycles. The van der Waals surface area contributed by atoms with Crippen LogP contribution in [0.5, 0.6) is 0 Å². The van der Waals surface area contributed by atoms with Crippen LogP contribution in [0.4, 0.5) is 0 Å². The summed E-state index contributed by atoms with van der Waals surface area (Å²) in [6, 6.07) is 0. The first-order chi connectivity index (χ1) is 6.22. The molecular weight excluding hydrogens is 168 g/mol. The van der Waals surface area contributed by atoms with Gasteiger partial charge in [-0.15, -0.1) is 0 Å². The molecule has 0 heterocycles. The van der Waals surface area contributed by atoms with Crippen LogP contribution in [0.3, 0.4) is 0 Å². The number of aliphatic hydroxyl groups excluding tert-OH is 1. The summed E-state index contributed by atoms with van der Waals surface area (Å²) in [6.07, 6.45) is 4.10. The molecule has 1 N–H and O–H groups in total. The van der Waals surface area contributed by atoms with Gasteiger partial charge < -0.3 is 9.84 Å². The number of hydrogen-bond donors (Lipinski definition) is 1. The molecule has 0 saturated heterocycles. The zero-order valence-corrected chi connectivity index (χ0v) is 7.75. The maximum absolute atomic E-state index is 11.7. The third kappa shape index (κ3) is 1.10. The predicted molar refractivity (Wildman–Crippen MR) is 47.0 cm³/mol. The molecular formula is C10H14O3. The van der Waals surface area contributed by atoms with Crippen molar-refractivity contribution in [2.75, 3.05) is 13.7 Å². The zero-order valence-electron chi connectivity index (χ0n) is 7.75. The van der Waals surface area contributed by atoms with Gasteiger partial charge in [-0.05, 0) is 19.3 Å². The Morgan fingerprint density at radius 1 is 1.77 bits per heavy atom. The van der Waals surface area contributed by atoms with Crippen molar-refractivity contribution < 1.29 is 14.6 Å². The molecule has 0 amide bonds. The Morgan fingerprint density at radius 3 is 3.15 bits per heavy atom. The largest absolute Gasteiger partial charge is 0.501 e. The molecule has 3 heteroatoms. The molecule has 2 bridgehead atoms. The van der Waals surface area contributed by atoms with E-state index >= 15 is 0 Å². The summed E-state index contributed by atoms with van der Waals surface area (Å²) < 4.78 is 5.14. The Hall–Kier alpha value is -0.830. The first-order valence-corrected chi connectivity index (χ1v) is 4.63. The van der Waals surface area contributed by atoms with Crippen molar-refractivity contribution in [1.82, 2.24) is 0 Å². The fraction of sp³-hybridized carbons (Fsp3) is 0.700. The lowest BCUT2D eigenvalue weighted by atomic mass is 9.78. The Kier molecular flexibility index (Phi) is 1.91.